The van der Waals surface area contributed by atoms with Crippen LogP contribution in [-0.4, -0.2) is 47.6 Å². The molecule has 8 heteroatoms. The van der Waals surface area contributed by atoms with Crippen LogP contribution in [0.1, 0.15) is 42.8 Å². The number of hydrogen-bond donors (Lipinski definition) is 3. The average Bonchev–Trinajstić information content (AvgIpc) is 2.49. The Bertz CT molecular complexity index is 599. The van der Waals surface area contributed by atoms with Gasteiger partial charge in [0.1, 0.15) is 23.6 Å². The van der Waals surface area contributed by atoms with Crippen LogP contribution in [0, 0.1) is 5.82 Å². The van der Waals surface area contributed by atoms with Crippen molar-refractivity contribution in [1.29, 1.82) is 0 Å². The van der Waals surface area contributed by atoms with Crippen LogP contribution in [0.2, 0.25) is 0 Å². The van der Waals surface area contributed by atoms with Crippen LogP contribution in [0.5, 0.6) is 0 Å². The molecule has 0 spiro atoms. The maximum Gasteiger partial charge on any atom is 0.407 e. The lowest BCUT2D eigenvalue weighted by molar-refractivity contribution is 0.0112. The van der Waals surface area contributed by atoms with Crippen molar-refractivity contribution in [2.75, 3.05) is 13.7 Å². The highest BCUT2D eigenvalue weighted by atomic mass is 19.1. The molecule has 0 radical (unpaired) electrons. The Kier molecular flexibility index (Phi) is 6.68. The second-order valence-electron chi connectivity index (χ2n) is 6.12. The van der Waals surface area contributed by atoms with Gasteiger partial charge in [0.2, 0.25) is 0 Å². The molecule has 3 N–H and O–H groups in total. The summed E-state index contributed by atoms with van der Waals surface area (Å²) in [4.78, 5) is 22.8. The van der Waals surface area contributed by atoms with Gasteiger partial charge in [0.15, 0.2) is 0 Å². The molecule has 1 aromatic rings. The summed E-state index contributed by atoms with van der Waals surface area (Å²) in [6.45, 7) is 4.69. The molecule has 0 aliphatic carbocycles. The van der Waals surface area contributed by atoms with Gasteiger partial charge in [-0.25, -0.2) is 14.0 Å². The fourth-order valence-corrected chi connectivity index (χ4v) is 1.83. The average molecular weight is 343 g/mol. The fourth-order valence-electron chi connectivity index (χ4n) is 1.83. The molecule has 0 aliphatic heterocycles. The van der Waals surface area contributed by atoms with Crippen molar-refractivity contribution in [3.8, 4) is 0 Å². The molecule has 2 atom stereocenters. The largest absolute Gasteiger partial charge is 0.465 e. The third kappa shape index (κ3) is 5.78. The number of hydrogen-bond acceptors (Lipinski definition) is 6. The van der Waals surface area contributed by atoms with Gasteiger partial charge < -0.3 is 25.0 Å². The number of aliphatic hydroxyl groups is 2. The van der Waals surface area contributed by atoms with Gasteiger partial charge >= 0.3 is 12.1 Å². The summed E-state index contributed by atoms with van der Waals surface area (Å²) < 4.78 is 23.4. The van der Waals surface area contributed by atoms with E-state index in [0.29, 0.717) is 0 Å². The minimum Gasteiger partial charge on any atom is -0.465 e. The number of ether oxygens (including phenoxy) is 2. The van der Waals surface area contributed by atoms with E-state index in [2.05, 4.69) is 10.1 Å². The Morgan fingerprint density at radius 3 is 2.42 bits per heavy atom. The maximum atomic E-state index is 14.0. The molecule has 0 aliphatic rings. The van der Waals surface area contributed by atoms with Gasteiger partial charge in [-0.2, -0.15) is 0 Å². The van der Waals surface area contributed by atoms with Gasteiger partial charge in [0.25, 0.3) is 0 Å². The molecule has 7 nitrogen and oxygen atoms in total. The minimum absolute atomic E-state index is 0.0210. The third-order valence-electron chi connectivity index (χ3n) is 2.96. The van der Waals surface area contributed by atoms with E-state index >= 15 is 0 Å². The highest BCUT2D eigenvalue weighted by Crippen LogP contribution is 2.21. The van der Waals surface area contributed by atoms with E-state index in [-0.39, 0.29) is 17.7 Å². The molecule has 0 saturated heterocycles. The minimum atomic E-state index is -1.59. The van der Waals surface area contributed by atoms with Crippen molar-refractivity contribution in [3.63, 3.8) is 0 Å². The topological polar surface area (TPSA) is 105 Å². The summed E-state index contributed by atoms with van der Waals surface area (Å²) in [7, 11) is 1.16. The summed E-state index contributed by atoms with van der Waals surface area (Å²) in [5.41, 5.74) is -0.933. The van der Waals surface area contributed by atoms with E-state index in [1.165, 1.54) is 12.1 Å². The van der Waals surface area contributed by atoms with Crippen molar-refractivity contribution < 1.29 is 33.7 Å². The summed E-state index contributed by atoms with van der Waals surface area (Å²) in [5, 5.41) is 22.2. The number of aliphatic hydroxyl groups excluding tert-OH is 2. The lowest BCUT2D eigenvalue weighted by Crippen LogP contribution is -2.39. The quantitative estimate of drug-likeness (QED) is 0.700. The number of nitrogens with one attached hydrogen (secondary N) is 1. The van der Waals surface area contributed by atoms with Gasteiger partial charge in [-0.05, 0) is 32.9 Å². The maximum absolute atomic E-state index is 14.0. The molecule has 0 heterocycles. The Balaban J connectivity index is 2.70. The smallest absolute Gasteiger partial charge is 0.407 e. The number of halogens is 1. The second kappa shape index (κ2) is 8.07. The number of benzene rings is 1. The van der Waals surface area contributed by atoms with Gasteiger partial charge in [0.05, 0.1) is 12.7 Å². The summed E-state index contributed by atoms with van der Waals surface area (Å²) in [6, 6.07) is 3.34. The molecule has 0 bridgehead atoms. The summed E-state index contributed by atoms with van der Waals surface area (Å²) in [6.07, 6.45) is -3.82. The first-order valence-electron chi connectivity index (χ1n) is 7.26. The second-order valence-corrected chi connectivity index (χ2v) is 6.12. The number of rotatable bonds is 5. The first kappa shape index (κ1) is 19.9. The molecular weight excluding hydrogens is 321 g/mol. The van der Waals surface area contributed by atoms with Crippen molar-refractivity contribution in [1.82, 2.24) is 5.32 Å². The van der Waals surface area contributed by atoms with Crippen LogP contribution in [0.15, 0.2) is 18.2 Å². The molecular formula is C16H22FNO6. The zero-order valence-electron chi connectivity index (χ0n) is 14.0. The molecule has 0 fully saturated rings. The number of carbonyl (C=O) groups excluding carboxylic acids is 2. The van der Waals surface area contributed by atoms with Crippen LogP contribution >= 0.6 is 0 Å². The van der Waals surface area contributed by atoms with E-state index in [4.69, 9.17) is 4.74 Å². The predicted octanol–water partition coefficient (Wildman–Crippen LogP) is 1.53. The van der Waals surface area contributed by atoms with E-state index in [1.54, 1.807) is 20.8 Å². The van der Waals surface area contributed by atoms with Gasteiger partial charge in [0, 0.05) is 12.1 Å². The van der Waals surface area contributed by atoms with Gasteiger partial charge in [-0.1, -0.05) is 6.07 Å². The van der Waals surface area contributed by atoms with Crippen LogP contribution in [0.25, 0.3) is 0 Å². The van der Waals surface area contributed by atoms with E-state index in [1.807, 2.05) is 0 Å². The number of amides is 1. The Labute approximate surface area is 139 Å². The van der Waals surface area contributed by atoms with E-state index in [0.717, 1.165) is 13.2 Å². The van der Waals surface area contributed by atoms with Gasteiger partial charge in [-0.15, -0.1) is 0 Å². The van der Waals surface area contributed by atoms with Gasteiger partial charge in [-0.3, -0.25) is 0 Å². The molecule has 1 amide bonds. The zero-order chi connectivity index (χ0) is 18.5. The summed E-state index contributed by atoms with van der Waals surface area (Å²) in [5.74, 6) is -1.59. The molecule has 1 aromatic carbocycles. The number of carbonyl (C=O) groups is 2. The van der Waals surface area contributed by atoms with E-state index in [9.17, 15) is 24.2 Å². The van der Waals surface area contributed by atoms with Crippen molar-refractivity contribution in [2.24, 2.45) is 0 Å². The van der Waals surface area contributed by atoms with Crippen LogP contribution in [0.3, 0.4) is 0 Å². The Morgan fingerprint density at radius 1 is 1.29 bits per heavy atom. The molecule has 0 saturated carbocycles. The molecule has 24 heavy (non-hydrogen) atoms. The Morgan fingerprint density at radius 2 is 1.92 bits per heavy atom. The van der Waals surface area contributed by atoms with Crippen molar-refractivity contribution >= 4 is 12.1 Å². The lowest BCUT2D eigenvalue weighted by Gasteiger charge is -2.22. The number of esters is 1. The molecule has 0 aromatic heterocycles. The lowest BCUT2D eigenvalue weighted by atomic mass is 10.0. The molecule has 134 valence electrons. The van der Waals surface area contributed by atoms with Crippen LogP contribution < -0.4 is 5.32 Å². The normalized spacial score (nSPS) is 13.8. The standard InChI is InChI=1S/C16H22FNO6/c1-16(2,3)24-15(22)18-8-12(19)13(20)10-6-5-9(7-11(10)17)14(21)23-4/h5-7,12-13,19-20H,8H2,1-4H3,(H,18,22). The number of methoxy groups -OCH3 is 1. The highest BCUT2D eigenvalue weighted by Gasteiger charge is 2.24. The zero-order valence-corrected chi connectivity index (χ0v) is 14.0. The third-order valence-corrected chi connectivity index (χ3v) is 2.96. The molecule has 1 rings (SSSR count). The SMILES string of the molecule is COC(=O)c1ccc(C(O)C(O)CNC(=O)OC(C)(C)C)c(F)c1. The summed E-state index contributed by atoms with van der Waals surface area (Å²) >= 11 is 0. The van der Waals surface area contributed by atoms with Crippen molar-refractivity contribution in [2.45, 2.75) is 38.6 Å². The molecule has 2 unspecified atom stereocenters. The Hall–Kier alpha value is -2.19. The first-order chi connectivity index (χ1) is 11.0. The monoisotopic (exact) mass is 343 g/mol. The van der Waals surface area contributed by atoms with Crippen LogP contribution in [0.4, 0.5) is 9.18 Å². The predicted molar refractivity (Wildman–Crippen MR) is 82.9 cm³/mol. The fraction of sp³-hybridized carbons (Fsp3) is 0.500. The van der Waals surface area contributed by atoms with E-state index < -0.39 is 35.7 Å². The number of alkyl carbamates (subject to hydrolysis) is 1. The van der Waals surface area contributed by atoms with Crippen molar-refractivity contribution in [3.05, 3.63) is 35.1 Å². The van der Waals surface area contributed by atoms with Crippen LogP contribution in [-0.2, 0) is 9.47 Å². The first-order valence-corrected chi connectivity index (χ1v) is 7.26. The highest BCUT2D eigenvalue weighted by molar-refractivity contribution is 5.89.